The third-order valence-electron chi connectivity index (χ3n) is 6.27. The normalized spacial score (nSPS) is 12.1. The lowest BCUT2D eigenvalue weighted by Gasteiger charge is -2.18. The van der Waals surface area contributed by atoms with Crippen LogP contribution in [-0.4, -0.2) is 57.4 Å². The van der Waals surface area contributed by atoms with E-state index in [2.05, 4.69) is 34.0 Å². The number of likely N-dealkylation sites (N-methyl/N-ethyl adjacent to an activating group) is 1. The molecule has 2 N–H and O–H groups in total. The molecule has 0 amide bonds. The van der Waals surface area contributed by atoms with Crippen LogP contribution in [-0.2, 0) is 0 Å². The molecule has 0 saturated heterocycles. The summed E-state index contributed by atoms with van der Waals surface area (Å²) < 4.78 is 7.44. The zero-order valence-corrected chi connectivity index (χ0v) is 21.0. The first-order chi connectivity index (χ1) is 17.5. The van der Waals surface area contributed by atoms with Gasteiger partial charge in [-0.15, -0.1) is 0 Å². The molecule has 0 aliphatic carbocycles. The highest BCUT2D eigenvalue weighted by molar-refractivity contribution is 5.85. The third-order valence-corrected chi connectivity index (χ3v) is 6.27. The highest BCUT2D eigenvalue weighted by Gasteiger charge is 2.16. The molecule has 8 heteroatoms. The number of fused-ring (bicyclic) bond motifs is 1. The molecule has 3 heterocycles. The summed E-state index contributed by atoms with van der Waals surface area (Å²) >= 11 is 0. The van der Waals surface area contributed by atoms with Gasteiger partial charge in [0.25, 0.3) is 5.56 Å². The fourth-order valence-electron chi connectivity index (χ4n) is 4.15. The highest BCUT2D eigenvalue weighted by atomic mass is 16.5. The number of hydrogen-bond acceptors (Lipinski definition) is 7. The van der Waals surface area contributed by atoms with E-state index in [9.17, 15) is 9.90 Å². The van der Waals surface area contributed by atoms with Crippen LogP contribution in [0.3, 0.4) is 0 Å². The lowest BCUT2D eigenvalue weighted by molar-refractivity contribution is 0.222. The molecule has 36 heavy (non-hydrogen) atoms. The Morgan fingerprint density at radius 2 is 1.78 bits per heavy atom. The molecule has 1 atom stereocenters. The van der Waals surface area contributed by atoms with Crippen molar-refractivity contribution in [2.75, 3.05) is 38.2 Å². The van der Waals surface area contributed by atoms with Gasteiger partial charge in [0.05, 0.1) is 24.4 Å². The van der Waals surface area contributed by atoms with E-state index < -0.39 is 6.04 Å². The van der Waals surface area contributed by atoms with Crippen LogP contribution in [0.4, 0.5) is 11.6 Å². The van der Waals surface area contributed by atoms with Crippen molar-refractivity contribution in [3.05, 3.63) is 77.3 Å². The molecule has 0 aliphatic rings. The summed E-state index contributed by atoms with van der Waals surface area (Å²) in [5, 5.41) is 13.9. The lowest BCUT2D eigenvalue weighted by atomic mass is 10.0. The maximum atomic E-state index is 13.4. The summed E-state index contributed by atoms with van der Waals surface area (Å²) in [4.78, 5) is 24.7. The molecule has 188 valence electrons. The van der Waals surface area contributed by atoms with Crippen molar-refractivity contribution >= 4 is 22.5 Å². The van der Waals surface area contributed by atoms with Gasteiger partial charge < -0.3 is 24.6 Å². The Kier molecular flexibility index (Phi) is 8.30. The number of anilines is 2. The minimum absolute atomic E-state index is 0.156. The number of ether oxygens (including phenoxy) is 1. The van der Waals surface area contributed by atoms with Crippen LogP contribution in [0.25, 0.3) is 22.0 Å². The first-order valence-corrected chi connectivity index (χ1v) is 12.3. The summed E-state index contributed by atoms with van der Waals surface area (Å²) in [6.45, 7) is 9.41. The molecular weight excluding hydrogens is 454 g/mol. The highest BCUT2D eigenvalue weighted by Crippen LogP contribution is 2.25. The van der Waals surface area contributed by atoms with Gasteiger partial charge in [0.15, 0.2) is 0 Å². The van der Waals surface area contributed by atoms with E-state index in [1.54, 1.807) is 17.0 Å². The Morgan fingerprint density at radius 1 is 1.03 bits per heavy atom. The van der Waals surface area contributed by atoms with E-state index in [0.29, 0.717) is 35.1 Å². The number of benzene rings is 1. The molecule has 0 spiro atoms. The predicted molar refractivity (Wildman–Crippen MR) is 144 cm³/mol. The second-order valence-corrected chi connectivity index (χ2v) is 8.64. The minimum Gasteiger partial charge on any atom is -0.491 e. The molecule has 8 nitrogen and oxygen atoms in total. The van der Waals surface area contributed by atoms with Crippen LogP contribution >= 0.6 is 0 Å². The summed E-state index contributed by atoms with van der Waals surface area (Å²) in [5.74, 6) is 1.87. The van der Waals surface area contributed by atoms with Gasteiger partial charge in [-0.2, -0.15) is 0 Å². The number of nitrogens with one attached hydrogen (secondary N) is 1. The molecule has 0 aliphatic heterocycles. The van der Waals surface area contributed by atoms with Gasteiger partial charge in [0.2, 0.25) is 0 Å². The van der Waals surface area contributed by atoms with Gasteiger partial charge in [0.1, 0.15) is 24.0 Å². The zero-order chi connectivity index (χ0) is 25.5. The summed E-state index contributed by atoms with van der Waals surface area (Å²) in [5.41, 5.74) is 1.94. The van der Waals surface area contributed by atoms with E-state index in [-0.39, 0.29) is 12.2 Å². The maximum Gasteiger partial charge on any atom is 0.259 e. The number of nitrogens with zero attached hydrogens (tertiary/aromatic N) is 4. The minimum atomic E-state index is -0.398. The van der Waals surface area contributed by atoms with Gasteiger partial charge in [-0.25, -0.2) is 9.97 Å². The number of aromatic nitrogens is 3. The van der Waals surface area contributed by atoms with Gasteiger partial charge in [-0.3, -0.25) is 4.79 Å². The number of aliphatic hydroxyl groups excluding tert-OH is 1. The van der Waals surface area contributed by atoms with E-state index in [1.807, 2.05) is 61.5 Å². The number of rotatable bonds is 11. The van der Waals surface area contributed by atoms with E-state index in [1.165, 1.54) is 0 Å². The quantitative estimate of drug-likeness (QED) is 0.322. The second-order valence-electron chi connectivity index (χ2n) is 8.64. The van der Waals surface area contributed by atoms with Crippen molar-refractivity contribution in [1.29, 1.82) is 0 Å². The van der Waals surface area contributed by atoms with Crippen molar-refractivity contribution in [3.8, 4) is 16.9 Å². The van der Waals surface area contributed by atoms with Crippen LogP contribution in [0, 0.1) is 0 Å². The van der Waals surface area contributed by atoms with Gasteiger partial charge in [-0.05, 0) is 43.8 Å². The number of pyridine rings is 3. The van der Waals surface area contributed by atoms with E-state index in [0.717, 1.165) is 30.6 Å². The van der Waals surface area contributed by atoms with Crippen LogP contribution in [0.1, 0.15) is 26.8 Å². The largest absolute Gasteiger partial charge is 0.491 e. The number of hydrogen-bond donors (Lipinski definition) is 2. The fourth-order valence-corrected chi connectivity index (χ4v) is 4.15. The molecule has 3 aromatic heterocycles. The topological polar surface area (TPSA) is 92.5 Å². The smallest absolute Gasteiger partial charge is 0.259 e. The van der Waals surface area contributed by atoms with E-state index in [4.69, 9.17) is 4.74 Å². The number of aliphatic hydroxyl groups is 1. The van der Waals surface area contributed by atoms with Gasteiger partial charge in [-0.1, -0.05) is 44.2 Å². The average Bonchev–Trinajstić information content (AvgIpc) is 2.92. The lowest BCUT2D eigenvalue weighted by Crippen LogP contribution is -2.27. The zero-order valence-electron chi connectivity index (χ0n) is 21.0. The first-order valence-electron chi connectivity index (χ1n) is 12.3. The Hall–Kier alpha value is -3.75. The summed E-state index contributed by atoms with van der Waals surface area (Å²) in [6, 6.07) is 16.5. The van der Waals surface area contributed by atoms with Crippen LogP contribution in [0.15, 0.2) is 71.8 Å². The molecule has 1 aromatic carbocycles. The van der Waals surface area contributed by atoms with Crippen LogP contribution < -0.4 is 15.6 Å². The van der Waals surface area contributed by atoms with Crippen LogP contribution in [0.2, 0.25) is 0 Å². The Bertz CT molecular complexity index is 1340. The standard InChI is InChI=1S/C28H33N5O3/c1-4-32(5-2)13-14-36-23-11-12-26(30-18-23)31-27-16-25-22(17-29-27)15-24(21-9-7-6-8-10-21)28(35)33(25)20(3)19-34/h6-12,15-18,20,34H,4-5,13-14,19H2,1-3H3,(H,29,30,31). The maximum absolute atomic E-state index is 13.4. The molecule has 0 radical (unpaired) electrons. The average molecular weight is 488 g/mol. The molecular formula is C28H33N5O3. The summed E-state index contributed by atoms with van der Waals surface area (Å²) in [6.07, 6.45) is 3.41. The molecule has 1 unspecified atom stereocenters. The Labute approximate surface area is 211 Å². The predicted octanol–water partition coefficient (Wildman–Crippen LogP) is 4.48. The second kappa shape index (κ2) is 11.8. The monoisotopic (exact) mass is 487 g/mol. The Balaban J connectivity index is 1.58. The molecule has 0 bridgehead atoms. The Morgan fingerprint density at radius 3 is 2.44 bits per heavy atom. The van der Waals surface area contributed by atoms with Crippen molar-refractivity contribution in [3.63, 3.8) is 0 Å². The van der Waals surface area contributed by atoms with Crippen molar-refractivity contribution in [2.45, 2.75) is 26.8 Å². The van der Waals surface area contributed by atoms with Gasteiger partial charge >= 0.3 is 0 Å². The molecule has 0 fully saturated rings. The van der Waals surface area contributed by atoms with Crippen molar-refractivity contribution < 1.29 is 9.84 Å². The van der Waals surface area contributed by atoms with Crippen LogP contribution in [0.5, 0.6) is 5.75 Å². The third kappa shape index (κ3) is 5.72. The molecule has 4 aromatic rings. The SMILES string of the molecule is CCN(CC)CCOc1ccc(Nc2cc3c(cn2)cc(-c2ccccc2)c(=O)n3C(C)CO)nc1. The molecule has 0 saturated carbocycles. The van der Waals surface area contributed by atoms with Gasteiger partial charge in [0, 0.05) is 29.8 Å². The fraction of sp³-hybridized carbons (Fsp3) is 0.321. The summed E-state index contributed by atoms with van der Waals surface area (Å²) in [7, 11) is 0. The first kappa shape index (κ1) is 25.3. The van der Waals surface area contributed by atoms with Crippen molar-refractivity contribution in [1.82, 2.24) is 19.4 Å². The molecule has 4 rings (SSSR count). The van der Waals surface area contributed by atoms with Crippen molar-refractivity contribution in [2.24, 2.45) is 0 Å². The van der Waals surface area contributed by atoms with E-state index >= 15 is 0 Å².